The van der Waals surface area contributed by atoms with E-state index in [1.165, 1.54) is 6.92 Å². The molecule has 2 aromatic rings. The molecule has 0 unspecified atom stereocenters. The summed E-state index contributed by atoms with van der Waals surface area (Å²) in [4.78, 5) is 61.6. The Balaban J connectivity index is 1.52. The van der Waals surface area contributed by atoms with Crippen LogP contribution in [0.3, 0.4) is 0 Å². The third-order valence-corrected chi connectivity index (χ3v) is 6.91. The van der Waals surface area contributed by atoms with Crippen molar-refractivity contribution in [3.8, 4) is 11.1 Å². The summed E-state index contributed by atoms with van der Waals surface area (Å²) in [6.07, 6.45) is -0.762. The van der Waals surface area contributed by atoms with Crippen molar-refractivity contribution >= 4 is 29.8 Å². The molecule has 4 amide bonds. The van der Waals surface area contributed by atoms with Crippen molar-refractivity contribution in [2.24, 2.45) is 17.6 Å². The highest BCUT2D eigenvalue weighted by Gasteiger charge is 2.31. The van der Waals surface area contributed by atoms with Gasteiger partial charge in [0.1, 0.15) is 24.7 Å². The summed E-state index contributed by atoms with van der Waals surface area (Å²) in [6.45, 7) is 7.73. The van der Waals surface area contributed by atoms with Gasteiger partial charge in [-0.1, -0.05) is 76.2 Å². The van der Waals surface area contributed by atoms with Gasteiger partial charge < -0.3 is 31.2 Å². The molecule has 0 bridgehead atoms. The normalized spacial score (nSPS) is 14.3. The van der Waals surface area contributed by atoms with E-state index in [9.17, 15) is 24.0 Å². The molecule has 2 aromatic carbocycles. The number of hydrogen-bond acceptors (Lipinski definition) is 7. The quantitative estimate of drug-likeness (QED) is 0.286. The van der Waals surface area contributed by atoms with E-state index in [1.807, 2.05) is 48.5 Å². The lowest BCUT2D eigenvalue weighted by atomic mass is 9.98. The maximum atomic E-state index is 12.9. The molecule has 0 heterocycles. The highest BCUT2D eigenvalue weighted by Crippen LogP contribution is 2.44. The van der Waals surface area contributed by atoms with Gasteiger partial charge in [0, 0.05) is 5.92 Å². The lowest BCUT2D eigenvalue weighted by Crippen LogP contribution is -2.53. The Labute approximate surface area is 239 Å². The minimum absolute atomic E-state index is 0.0878. The van der Waals surface area contributed by atoms with Crippen molar-refractivity contribution in [3.63, 3.8) is 0 Å². The predicted molar refractivity (Wildman–Crippen MR) is 151 cm³/mol. The highest BCUT2D eigenvalue weighted by atomic mass is 16.5. The van der Waals surface area contributed by atoms with Crippen LogP contribution in [-0.4, -0.2) is 61.1 Å². The first kappa shape index (κ1) is 31.1. The number of ether oxygens (including phenoxy) is 2. The van der Waals surface area contributed by atoms with E-state index in [4.69, 9.17) is 15.2 Å². The van der Waals surface area contributed by atoms with Gasteiger partial charge >= 0.3 is 12.1 Å². The Morgan fingerprint density at radius 1 is 0.756 bits per heavy atom. The van der Waals surface area contributed by atoms with Crippen molar-refractivity contribution in [1.29, 1.82) is 0 Å². The zero-order valence-electron chi connectivity index (χ0n) is 23.9. The number of esters is 1. The summed E-state index contributed by atoms with van der Waals surface area (Å²) in [5, 5.41) is 7.50. The number of benzene rings is 2. The molecule has 0 aromatic heterocycles. The van der Waals surface area contributed by atoms with E-state index in [0.717, 1.165) is 22.3 Å². The number of carbonyl (C=O) groups is 5. The molecule has 220 valence electrons. The summed E-state index contributed by atoms with van der Waals surface area (Å²) in [6, 6.07) is 12.9. The average molecular weight is 567 g/mol. The fourth-order valence-electron chi connectivity index (χ4n) is 4.71. The van der Waals surface area contributed by atoms with Crippen molar-refractivity contribution in [3.05, 3.63) is 59.7 Å². The zero-order chi connectivity index (χ0) is 30.3. The van der Waals surface area contributed by atoms with Crippen LogP contribution in [0.5, 0.6) is 0 Å². The Hall–Kier alpha value is -4.41. The molecule has 3 rings (SSSR count). The highest BCUT2D eigenvalue weighted by molar-refractivity contribution is 5.91. The summed E-state index contributed by atoms with van der Waals surface area (Å²) in [5.41, 5.74) is 9.60. The Morgan fingerprint density at radius 3 is 1.80 bits per heavy atom. The molecule has 0 saturated heterocycles. The van der Waals surface area contributed by atoms with Crippen LogP contribution in [0, 0.1) is 11.8 Å². The lowest BCUT2D eigenvalue weighted by molar-refractivity contribution is -0.151. The third kappa shape index (κ3) is 7.84. The Bertz CT molecular complexity index is 1250. The number of amides is 4. The number of fused-ring (bicyclic) bond motifs is 3. The van der Waals surface area contributed by atoms with Crippen LogP contribution < -0.4 is 21.7 Å². The number of primary amides is 1. The van der Waals surface area contributed by atoms with Gasteiger partial charge in [0.05, 0.1) is 0 Å². The molecule has 1 aliphatic carbocycles. The smallest absolute Gasteiger partial charge is 0.407 e. The van der Waals surface area contributed by atoms with Gasteiger partial charge in [-0.2, -0.15) is 0 Å². The van der Waals surface area contributed by atoms with Crippen LogP contribution >= 0.6 is 0 Å². The monoisotopic (exact) mass is 566 g/mol. The maximum Gasteiger partial charge on any atom is 0.407 e. The molecular weight excluding hydrogens is 528 g/mol. The summed E-state index contributed by atoms with van der Waals surface area (Å²) in [5.74, 6) is -3.59. The van der Waals surface area contributed by atoms with Gasteiger partial charge in [0.25, 0.3) is 5.91 Å². The van der Waals surface area contributed by atoms with Crippen molar-refractivity contribution in [2.45, 2.75) is 58.7 Å². The van der Waals surface area contributed by atoms with Crippen molar-refractivity contribution in [1.82, 2.24) is 16.0 Å². The molecule has 3 atom stereocenters. The summed E-state index contributed by atoms with van der Waals surface area (Å²) in [7, 11) is 0. The molecule has 0 fully saturated rings. The zero-order valence-corrected chi connectivity index (χ0v) is 23.9. The van der Waals surface area contributed by atoms with E-state index in [1.54, 1.807) is 27.7 Å². The molecule has 0 aliphatic heterocycles. The predicted octanol–water partition coefficient (Wildman–Crippen LogP) is 2.22. The average Bonchev–Trinajstić information content (AvgIpc) is 3.25. The van der Waals surface area contributed by atoms with Gasteiger partial charge in [-0.15, -0.1) is 0 Å². The van der Waals surface area contributed by atoms with Crippen LogP contribution in [0.4, 0.5) is 4.79 Å². The molecule has 5 N–H and O–H groups in total. The van der Waals surface area contributed by atoms with E-state index < -0.39 is 54.5 Å². The van der Waals surface area contributed by atoms with Gasteiger partial charge in [0.15, 0.2) is 6.61 Å². The van der Waals surface area contributed by atoms with Crippen molar-refractivity contribution < 1.29 is 33.4 Å². The lowest BCUT2D eigenvalue weighted by Gasteiger charge is -2.24. The van der Waals surface area contributed by atoms with E-state index in [-0.39, 0.29) is 24.4 Å². The van der Waals surface area contributed by atoms with Crippen LogP contribution in [0.25, 0.3) is 11.1 Å². The van der Waals surface area contributed by atoms with Gasteiger partial charge in [0.2, 0.25) is 11.8 Å². The fraction of sp³-hybridized carbons (Fsp3) is 0.433. The molecular formula is C30H38N4O7. The third-order valence-electron chi connectivity index (χ3n) is 6.91. The van der Waals surface area contributed by atoms with Crippen LogP contribution in [0.1, 0.15) is 51.7 Å². The van der Waals surface area contributed by atoms with Crippen LogP contribution in [0.2, 0.25) is 0 Å². The van der Waals surface area contributed by atoms with Crippen LogP contribution in [0.15, 0.2) is 48.5 Å². The number of carbonyl (C=O) groups excluding carboxylic acids is 5. The molecule has 1 aliphatic rings. The summed E-state index contributed by atoms with van der Waals surface area (Å²) < 4.78 is 10.5. The first-order chi connectivity index (χ1) is 19.4. The summed E-state index contributed by atoms with van der Waals surface area (Å²) >= 11 is 0. The second-order valence-corrected chi connectivity index (χ2v) is 10.7. The Morgan fingerprint density at radius 2 is 1.29 bits per heavy atom. The number of nitrogens with two attached hydrogens (primary N) is 1. The standard InChI is InChI=1S/C30H38N4O7/c1-16(2)25(27(31)36)33-24(35)15-40-29(38)18(5)32-28(37)26(17(3)4)34-30(39)41-14-23-21-12-8-6-10-19(21)20-11-7-9-13-22(20)23/h6-13,16-18,23,25-26H,14-15H2,1-5H3,(H2,31,36)(H,32,37)(H,33,35)(H,34,39)/t18-,25-,26-/m0/s1. The second-order valence-electron chi connectivity index (χ2n) is 10.7. The van der Waals surface area contributed by atoms with Gasteiger partial charge in [-0.05, 0) is 41.0 Å². The van der Waals surface area contributed by atoms with Crippen LogP contribution in [-0.2, 0) is 28.7 Å². The van der Waals surface area contributed by atoms with E-state index in [0.29, 0.717) is 0 Å². The van der Waals surface area contributed by atoms with Crippen molar-refractivity contribution in [2.75, 3.05) is 13.2 Å². The van der Waals surface area contributed by atoms with Gasteiger partial charge in [-0.3, -0.25) is 14.4 Å². The first-order valence-electron chi connectivity index (χ1n) is 13.6. The molecule has 0 saturated carbocycles. The number of hydrogen-bond donors (Lipinski definition) is 4. The second kappa shape index (κ2) is 13.8. The molecule has 41 heavy (non-hydrogen) atoms. The molecule has 11 nitrogen and oxygen atoms in total. The number of nitrogens with one attached hydrogen (secondary N) is 3. The molecule has 0 spiro atoms. The Kier molecular flexibility index (Phi) is 10.5. The van der Waals surface area contributed by atoms with E-state index in [2.05, 4.69) is 16.0 Å². The SMILES string of the molecule is CC(C)[C@H](NC(=O)COC(=O)[C@H](C)NC(=O)[C@@H](NC(=O)OCC1c2ccccc2-c2ccccc21)C(C)C)C(N)=O. The van der Waals surface area contributed by atoms with E-state index >= 15 is 0 Å². The largest absolute Gasteiger partial charge is 0.454 e. The maximum absolute atomic E-state index is 12.9. The minimum atomic E-state index is -1.11. The molecule has 11 heteroatoms. The minimum Gasteiger partial charge on any atom is -0.454 e. The molecule has 0 radical (unpaired) electrons. The first-order valence-corrected chi connectivity index (χ1v) is 13.6. The topological polar surface area (TPSA) is 166 Å². The fourth-order valence-corrected chi connectivity index (χ4v) is 4.71. The van der Waals surface area contributed by atoms with Gasteiger partial charge in [-0.25, -0.2) is 9.59 Å². The number of alkyl carbamates (subject to hydrolysis) is 1. The number of rotatable bonds is 12.